The van der Waals surface area contributed by atoms with Crippen LogP contribution in [0.2, 0.25) is 0 Å². The minimum absolute atomic E-state index is 0.200. The highest BCUT2D eigenvalue weighted by molar-refractivity contribution is 7.92. The Labute approximate surface area is 98.7 Å². The second kappa shape index (κ2) is 5.13. The van der Waals surface area contributed by atoms with E-state index >= 15 is 0 Å². The van der Waals surface area contributed by atoms with Gasteiger partial charge in [-0.2, -0.15) is 0 Å². The van der Waals surface area contributed by atoms with Crippen LogP contribution in [0.5, 0.6) is 0 Å². The van der Waals surface area contributed by atoms with Crippen LogP contribution < -0.4 is 11.1 Å². The molecule has 0 bridgehead atoms. The molecular formula is C10H13FN2O3S. The zero-order valence-electron chi connectivity index (χ0n) is 9.23. The second-order valence-corrected chi connectivity index (χ2v) is 5.35. The summed E-state index contributed by atoms with van der Waals surface area (Å²) >= 11 is 0. The first-order valence-corrected chi connectivity index (χ1v) is 6.56. The first kappa shape index (κ1) is 13.4. The van der Waals surface area contributed by atoms with Crippen molar-refractivity contribution in [1.29, 1.82) is 0 Å². The van der Waals surface area contributed by atoms with Crippen molar-refractivity contribution in [3.05, 3.63) is 24.0 Å². The van der Waals surface area contributed by atoms with E-state index < -0.39 is 27.3 Å². The highest BCUT2D eigenvalue weighted by Crippen LogP contribution is 2.20. The lowest BCUT2D eigenvalue weighted by molar-refractivity contribution is -0.118. The lowest BCUT2D eigenvalue weighted by Crippen LogP contribution is -2.30. The van der Waals surface area contributed by atoms with Gasteiger partial charge in [0.1, 0.15) is 11.6 Å². The molecule has 0 heterocycles. The second-order valence-electron chi connectivity index (χ2n) is 3.39. The molecule has 7 heteroatoms. The Morgan fingerprint density at radius 3 is 2.65 bits per heavy atom. The van der Waals surface area contributed by atoms with Crippen molar-refractivity contribution in [3.63, 3.8) is 0 Å². The molecule has 0 aromatic heterocycles. The zero-order chi connectivity index (χ0) is 13.1. The standard InChI is InChI=1S/C10H13FN2O3S/c1-2-13-10(14)6-17(15,16)9-4-3-7(11)5-8(9)12/h3-5H,2,6,12H2,1H3,(H,13,14). The molecule has 94 valence electrons. The fourth-order valence-corrected chi connectivity index (χ4v) is 2.60. The summed E-state index contributed by atoms with van der Waals surface area (Å²) in [5.41, 5.74) is 5.21. The number of amides is 1. The van der Waals surface area contributed by atoms with Gasteiger partial charge >= 0.3 is 0 Å². The minimum atomic E-state index is -3.83. The molecule has 0 atom stereocenters. The SMILES string of the molecule is CCNC(=O)CS(=O)(=O)c1ccc(F)cc1N. The van der Waals surface area contributed by atoms with Gasteiger partial charge < -0.3 is 11.1 Å². The number of rotatable bonds is 4. The van der Waals surface area contributed by atoms with E-state index in [4.69, 9.17) is 5.73 Å². The highest BCUT2D eigenvalue weighted by Gasteiger charge is 2.21. The topological polar surface area (TPSA) is 89.3 Å². The number of nitrogens with two attached hydrogens (primary N) is 1. The number of nitrogen functional groups attached to an aromatic ring is 1. The minimum Gasteiger partial charge on any atom is -0.398 e. The molecule has 0 aliphatic rings. The van der Waals surface area contributed by atoms with E-state index in [-0.39, 0.29) is 10.6 Å². The van der Waals surface area contributed by atoms with Crippen molar-refractivity contribution in [2.75, 3.05) is 18.0 Å². The van der Waals surface area contributed by atoms with Crippen molar-refractivity contribution in [3.8, 4) is 0 Å². The van der Waals surface area contributed by atoms with Crippen molar-refractivity contribution < 1.29 is 17.6 Å². The Kier molecular flexibility index (Phi) is 4.06. The van der Waals surface area contributed by atoms with Crippen molar-refractivity contribution in [1.82, 2.24) is 5.32 Å². The molecule has 0 aliphatic heterocycles. The Balaban J connectivity index is 3.01. The Morgan fingerprint density at radius 1 is 1.47 bits per heavy atom. The van der Waals surface area contributed by atoms with Gasteiger partial charge in [-0.25, -0.2) is 12.8 Å². The van der Waals surface area contributed by atoms with Gasteiger partial charge in [-0.3, -0.25) is 4.79 Å². The number of halogens is 1. The molecule has 0 fully saturated rings. The number of sulfone groups is 1. The third-order valence-corrected chi connectivity index (χ3v) is 3.69. The maximum Gasteiger partial charge on any atom is 0.235 e. The van der Waals surface area contributed by atoms with Crippen LogP contribution in [0, 0.1) is 5.82 Å². The van der Waals surface area contributed by atoms with Crippen LogP contribution in [0.25, 0.3) is 0 Å². The van der Waals surface area contributed by atoms with E-state index in [2.05, 4.69) is 5.32 Å². The van der Waals surface area contributed by atoms with Crippen LogP contribution in [-0.4, -0.2) is 26.6 Å². The lowest BCUT2D eigenvalue weighted by Gasteiger charge is -2.07. The molecule has 1 amide bonds. The van der Waals surface area contributed by atoms with Crippen LogP contribution in [0.3, 0.4) is 0 Å². The molecule has 1 rings (SSSR count). The smallest absolute Gasteiger partial charge is 0.235 e. The number of carbonyl (C=O) groups is 1. The zero-order valence-corrected chi connectivity index (χ0v) is 10.1. The number of carbonyl (C=O) groups excluding carboxylic acids is 1. The largest absolute Gasteiger partial charge is 0.398 e. The maximum absolute atomic E-state index is 12.8. The number of nitrogens with one attached hydrogen (secondary N) is 1. The molecule has 0 radical (unpaired) electrons. The number of hydrogen-bond acceptors (Lipinski definition) is 4. The first-order chi connectivity index (χ1) is 7.86. The van der Waals surface area contributed by atoms with Gasteiger partial charge in [0, 0.05) is 6.54 Å². The first-order valence-electron chi connectivity index (χ1n) is 4.91. The average Bonchev–Trinajstić information content (AvgIpc) is 2.15. The molecule has 0 saturated carbocycles. The summed E-state index contributed by atoms with van der Waals surface area (Å²) in [7, 11) is -3.83. The monoisotopic (exact) mass is 260 g/mol. The van der Waals surface area contributed by atoms with Gasteiger partial charge in [0.05, 0.1) is 10.6 Å². The third kappa shape index (κ3) is 3.42. The summed E-state index contributed by atoms with van der Waals surface area (Å²) in [6.45, 7) is 2.02. The van der Waals surface area contributed by atoms with Crippen LogP contribution in [0.15, 0.2) is 23.1 Å². The Hall–Kier alpha value is -1.63. The number of hydrogen-bond donors (Lipinski definition) is 2. The van der Waals surface area contributed by atoms with E-state index in [0.717, 1.165) is 18.2 Å². The van der Waals surface area contributed by atoms with E-state index in [1.807, 2.05) is 0 Å². The Morgan fingerprint density at radius 2 is 2.12 bits per heavy atom. The summed E-state index contributed by atoms with van der Waals surface area (Å²) in [4.78, 5) is 11.0. The van der Waals surface area contributed by atoms with E-state index in [9.17, 15) is 17.6 Å². The molecule has 0 unspecified atom stereocenters. The van der Waals surface area contributed by atoms with Crippen molar-refractivity contribution >= 4 is 21.4 Å². The summed E-state index contributed by atoms with van der Waals surface area (Å²) in [6, 6.07) is 2.95. The van der Waals surface area contributed by atoms with Gasteiger partial charge in [-0.15, -0.1) is 0 Å². The normalized spacial score (nSPS) is 11.2. The van der Waals surface area contributed by atoms with Crippen LogP contribution in [0.1, 0.15) is 6.92 Å². The summed E-state index contributed by atoms with van der Waals surface area (Å²) in [6.07, 6.45) is 0. The highest BCUT2D eigenvalue weighted by atomic mass is 32.2. The van der Waals surface area contributed by atoms with Crippen LogP contribution >= 0.6 is 0 Å². The molecule has 0 spiro atoms. The van der Waals surface area contributed by atoms with Gasteiger partial charge in [-0.1, -0.05) is 0 Å². The van der Waals surface area contributed by atoms with Gasteiger partial charge in [0.15, 0.2) is 9.84 Å². The quantitative estimate of drug-likeness (QED) is 0.602. The average molecular weight is 260 g/mol. The molecule has 0 aliphatic carbocycles. The summed E-state index contributed by atoms with van der Waals surface area (Å²) < 4.78 is 36.3. The predicted molar refractivity (Wildman–Crippen MR) is 61.5 cm³/mol. The van der Waals surface area contributed by atoms with Crippen molar-refractivity contribution in [2.45, 2.75) is 11.8 Å². The van der Waals surface area contributed by atoms with E-state index in [1.54, 1.807) is 6.92 Å². The van der Waals surface area contributed by atoms with Gasteiger partial charge in [0.25, 0.3) is 0 Å². The molecule has 5 nitrogen and oxygen atoms in total. The molecular weight excluding hydrogens is 247 g/mol. The molecule has 17 heavy (non-hydrogen) atoms. The fourth-order valence-electron chi connectivity index (χ4n) is 1.30. The summed E-state index contributed by atoms with van der Waals surface area (Å²) in [5.74, 6) is -1.94. The van der Waals surface area contributed by atoms with Crippen LogP contribution in [0.4, 0.5) is 10.1 Å². The third-order valence-electron chi connectivity index (χ3n) is 2.00. The predicted octanol–water partition coefficient (Wildman–Crippen LogP) is 0.318. The Bertz CT molecular complexity index is 528. The number of benzene rings is 1. The molecule has 3 N–H and O–H groups in total. The summed E-state index contributed by atoms with van der Waals surface area (Å²) in [5, 5.41) is 2.37. The molecule has 1 aromatic carbocycles. The van der Waals surface area contributed by atoms with Crippen molar-refractivity contribution in [2.24, 2.45) is 0 Å². The van der Waals surface area contributed by atoms with E-state index in [1.165, 1.54) is 0 Å². The fraction of sp³-hybridized carbons (Fsp3) is 0.300. The van der Waals surface area contributed by atoms with Gasteiger partial charge in [0.2, 0.25) is 5.91 Å². The lowest BCUT2D eigenvalue weighted by atomic mass is 10.3. The molecule has 1 aromatic rings. The van der Waals surface area contributed by atoms with E-state index in [0.29, 0.717) is 6.54 Å². The van der Waals surface area contributed by atoms with Crippen LogP contribution in [-0.2, 0) is 14.6 Å². The maximum atomic E-state index is 12.8. The molecule has 0 saturated heterocycles. The number of anilines is 1. The van der Waals surface area contributed by atoms with Gasteiger partial charge in [-0.05, 0) is 25.1 Å².